The molecule has 0 aliphatic carbocycles. The third-order valence-corrected chi connectivity index (χ3v) is 4.83. The molecule has 9 heteroatoms. The average molecular weight is 321 g/mol. The van der Waals surface area contributed by atoms with Gasteiger partial charge in [-0.3, -0.25) is 9.59 Å². The van der Waals surface area contributed by atoms with E-state index in [1.165, 1.54) is 22.3 Å². The molecule has 1 N–H and O–H groups in total. The summed E-state index contributed by atoms with van der Waals surface area (Å²) in [4.78, 5) is 26.3. The monoisotopic (exact) mass is 321 g/mol. The molecule has 2 aromatic rings. The summed E-state index contributed by atoms with van der Waals surface area (Å²) in [6.45, 7) is 2.47. The van der Waals surface area contributed by atoms with E-state index in [0.717, 1.165) is 0 Å². The fraction of sp³-hybridized carbons (Fsp3) is 0.462. The van der Waals surface area contributed by atoms with Gasteiger partial charge in [-0.15, -0.1) is 16.4 Å². The first-order valence-electron chi connectivity index (χ1n) is 6.85. The molecule has 3 heterocycles. The van der Waals surface area contributed by atoms with Gasteiger partial charge in [0.05, 0.1) is 11.1 Å². The van der Waals surface area contributed by atoms with Crippen LogP contribution < -0.4 is 0 Å². The highest BCUT2D eigenvalue weighted by Crippen LogP contribution is 2.32. The van der Waals surface area contributed by atoms with Crippen LogP contribution in [0.1, 0.15) is 29.4 Å². The molecule has 3 rings (SSSR count). The molecule has 1 saturated heterocycles. The first-order chi connectivity index (χ1) is 10.5. The van der Waals surface area contributed by atoms with Gasteiger partial charge in [-0.05, 0) is 41.6 Å². The first kappa shape index (κ1) is 14.6. The summed E-state index contributed by atoms with van der Waals surface area (Å²) in [5.41, 5.74) is -0.275. The predicted molar refractivity (Wildman–Crippen MR) is 77.9 cm³/mol. The standard InChI is InChI=1S/C13H15N5O3S/c1-13(12(20)21)4-2-5-17(7-13)11(19)10-9(3-6-22-10)18-8-14-15-16-18/h3,6,8H,2,4-5,7H2,1H3,(H,20,21). The van der Waals surface area contributed by atoms with Crippen molar-refractivity contribution in [3.8, 4) is 5.69 Å². The van der Waals surface area contributed by atoms with Crippen LogP contribution in [-0.4, -0.2) is 55.2 Å². The van der Waals surface area contributed by atoms with E-state index in [1.807, 2.05) is 0 Å². The molecule has 0 saturated carbocycles. The van der Waals surface area contributed by atoms with Crippen molar-refractivity contribution >= 4 is 23.2 Å². The van der Waals surface area contributed by atoms with Crippen LogP contribution in [0.2, 0.25) is 0 Å². The lowest BCUT2D eigenvalue weighted by Crippen LogP contribution is -2.48. The minimum atomic E-state index is -0.889. The number of hydrogen-bond donors (Lipinski definition) is 1. The summed E-state index contributed by atoms with van der Waals surface area (Å²) in [6, 6.07) is 1.77. The van der Waals surface area contributed by atoms with Gasteiger partial charge in [-0.2, -0.15) is 4.68 Å². The molecule has 1 unspecified atom stereocenters. The van der Waals surface area contributed by atoms with Crippen molar-refractivity contribution in [2.45, 2.75) is 19.8 Å². The zero-order valence-electron chi connectivity index (χ0n) is 12.0. The molecule has 1 atom stereocenters. The maximum absolute atomic E-state index is 12.7. The first-order valence-corrected chi connectivity index (χ1v) is 7.73. The maximum atomic E-state index is 12.7. The van der Waals surface area contributed by atoms with E-state index < -0.39 is 11.4 Å². The molecule has 2 aromatic heterocycles. The van der Waals surface area contributed by atoms with Crippen LogP contribution in [0.5, 0.6) is 0 Å². The Morgan fingerprint density at radius 1 is 1.45 bits per heavy atom. The summed E-state index contributed by atoms with van der Waals surface area (Å²) in [5.74, 6) is -1.04. The number of carbonyl (C=O) groups excluding carboxylic acids is 1. The Hall–Kier alpha value is -2.29. The van der Waals surface area contributed by atoms with E-state index in [4.69, 9.17) is 0 Å². The quantitative estimate of drug-likeness (QED) is 0.907. The Kier molecular flexibility index (Phi) is 3.65. The third kappa shape index (κ3) is 2.47. The summed E-state index contributed by atoms with van der Waals surface area (Å²) in [5, 5.41) is 22.1. The molecule has 1 fully saturated rings. The molecule has 1 aliphatic heterocycles. The fourth-order valence-electron chi connectivity index (χ4n) is 2.65. The Labute approximate surface area is 130 Å². The molecular weight excluding hydrogens is 306 g/mol. The number of nitrogens with zero attached hydrogens (tertiary/aromatic N) is 5. The zero-order chi connectivity index (χ0) is 15.7. The Balaban J connectivity index is 1.86. The van der Waals surface area contributed by atoms with Gasteiger partial charge in [0.1, 0.15) is 11.2 Å². The number of thiophene rings is 1. The fourth-order valence-corrected chi connectivity index (χ4v) is 3.49. The van der Waals surface area contributed by atoms with Crippen molar-refractivity contribution in [2.24, 2.45) is 5.41 Å². The second kappa shape index (κ2) is 5.48. The van der Waals surface area contributed by atoms with Crippen molar-refractivity contribution in [1.29, 1.82) is 0 Å². The SMILES string of the molecule is CC1(C(=O)O)CCCN(C(=O)c2sccc2-n2cnnn2)C1. The largest absolute Gasteiger partial charge is 0.481 e. The summed E-state index contributed by atoms with van der Waals surface area (Å²) < 4.78 is 1.43. The second-order valence-corrected chi connectivity index (χ2v) is 6.50. The summed E-state index contributed by atoms with van der Waals surface area (Å²) in [7, 11) is 0. The number of rotatable bonds is 3. The van der Waals surface area contributed by atoms with Crippen molar-refractivity contribution in [1.82, 2.24) is 25.1 Å². The minimum absolute atomic E-state index is 0.173. The average Bonchev–Trinajstić information content (AvgIpc) is 3.17. The van der Waals surface area contributed by atoms with Crippen molar-refractivity contribution < 1.29 is 14.7 Å². The molecule has 0 aromatic carbocycles. The molecule has 0 bridgehead atoms. The zero-order valence-corrected chi connectivity index (χ0v) is 12.8. The molecule has 22 heavy (non-hydrogen) atoms. The van der Waals surface area contributed by atoms with Crippen LogP contribution in [-0.2, 0) is 4.79 Å². The van der Waals surface area contributed by atoms with E-state index >= 15 is 0 Å². The van der Waals surface area contributed by atoms with Crippen LogP contribution >= 0.6 is 11.3 Å². The van der Waals surface area contributed by atoms with Crippen LogP contribution in [0.3, 0.4) is 0 Å². The van der Waals surface area contributed by atoms with E-state index in [0.29, 0.717) is 30.0 Å². The van der Waals surface area contributed by atoms with Gasteiger partial charge in [0.2, 0.25) is 0 Å². The number of carboxylic acid groups (broad SMARTS) is 1. The van der Waals surface area contributed by atoms with Crippen molar-refractivity contribution in [2.75, 3.05) is 13.1 Å². The molecule has 1 amide bonds. The van der Waals surface area contributed by atoms with E-state index in [9.17, 15) is 14.7 Å². The lowest BCUT2D eigenvalue weighted by molar-refractivity contribution is -0.150. The number of tetrazole rings is 1. The third-order valence-electron chi connectivity index (χ3n) is 3.93. The summed E-state index contributed by atoms with van der Waals surface area (Å²) in [6.07, 6.45) is 2.69. The van der Waals surface area contributed by atoms with Crippen molar-refractivity contribution in [3.05, 3.63) is 22.7 Å². The maximum Gasteiger partial charge on any atom is 0.311 e. The van der Waals surface area contributed by atoms with Crippen LogP contribution in [0.15, 0.2) is 17.8 Å². The number of amides is 1. The number of carboxylic acids is 1. The highest BCUT2D eigenvalue weighted by atomic mass is 32.1. The molecule has 0 spiro atoms. The highest BCUT2D eigenvalue weighted by Gasteiger charge is 2.40. The predicted octanol–water partition coefficient (Wildman–Crippen LogP) is 1.05. The number of piperidine rings is 1. The molecular formula is C13H15N5O3S. The van der Waals surface area contributed by atoms with E-state index in [2.05, 4.69) is 15.5 Å². The van der Waals surface area contributed by atoms with Gasteiger partial charge in [-0.25, -0.2) is 0 Å². The Bertz CT molecular complexity index is 698. The minimum Gasteiger partial charge on any atom is -0.481 e. The van der Waals surface area contributed by atoms with Gasteiger partial charge >= 0.3 is 5.97 Å². The second-order valence-electron chi connectivity index (χ2n) is 5.59. The lowest BCUT2D eigenvalue weighted by Gasteiger charge is -2.37. The number of hydrogen-bond acceptors (Lipinski definition) is 6. The molecule has 1 aliphatic rings. The topological polar surface area (TPSA) is 101 Å². The van der Waals surface area contributed by atoms with Crippen LogP contribution in [0.4, 0.5) is 0 Å². The number of likely N-dealkylation sites (tertiary alicyclic amines) is 1. The number of carbonyl (C=O) groups is 2. The van der Waals surface area contributed by atoms with Gasteiger partial charge in [0.15, 0.2) is 0 Å². The Morgan fingerprint density at radius 2 is 2.27 bits per heavy atom. The number of aromatic nitrogens is 4. The van der Waals surface area contributed by atoms with E-state index in [-0.39, 0.29) is 12.5 Å². The molecule has 8 nitrogen and oxygen atoms in total. The van der Waals surface area contributed by atoms with E-state index in [1.54, 1.807) is 23.3 Å². The van der Waals surface area contributed by atoms with Crippen LogP contribution in [0.25, 0.3) is 5.69 Å². The van der Waals surface area contributed by atoms with Gasteiger partial charge in [0, 0.05) is 13.1 Å². The smallest absolute Gasteiger partial charge is 0.311 e. The highest BCUT2D eigenvalue weighted by molar-refractivity contribution is 7.12. The molecule has 116 valence electrons. The summed E-state index contributed by atoms with van der Waals surface area (Å²) >= 11 is 1.30. The van der Waals surface area contributed by atoms with Gasteiger partial charge < -0.3 is 10.0 Å². The lowest BCUT2D eigenvalue weighted by atomic mass is 9.82. The molecule has 0 radical (unpaired) electrons. The Morgan fingerprint density at radius 3 is 2.95 bits per heavy atom. The van der Waals surface area contributed by atoms with Gasteiger partial charge in [-0.1, -0.05) is 0 Å². The normalized spacial score (nSPS) is 21.8. The number of aliphatic carboxylic acids is 1. The van der Waals surface area contributed by atoms with Gasteiger partial charge in [0.25, 0.3) is 5.91 Å². The van der Waals surface area contributed by atoms with Crippen LogP contribution in [0, 0.1) is 5.41 Å². The van der Waals surface area contributed by atoms with Crippen molar-refractivity contribution in [3.63, 3.8) is 0 Å².